The van der Waals surface area contributed by atoms with Crippen molar-refractivity contribution in [1.82, 2.24) is 106 Å². The molecule has 3 saturated carbocycles. The van der Waals surface area contributed by atoms with E-state index in [1.807, 2.05) is 71.9 Å². The van der Waals surface area contributed by atoms with Gasteiger partial charge in [-0.15, -0.1) is 45.1 Å². The molecule has 12 aliphatic rings. The molecular formula is C93H148N22O24S2. The zero-order chi connectivity index (χ0) is 101. The largest absolute Gasteiger partial charge is 0.724 e. The Morgan fingerprint density at radius 1 is 0.461 bits per heavy atom. The van der Waals surface area contributed by atoms with Crippen LogP contribution in [0, 0.1) is 0 Å². The van der Waals surface area contributed by atoms with E-state index in [1.165, 1.54) is 96.9 Å². The number of nitrogens with one attached hydrogen (secondary N) is 2. The van der Waals surface area contributed by atoms with Gasteiger partial charge in [0, 0.05) is 56.9 Å². The molecule has 9 aliphatic heterocycles. The number of carbonyl (C=O) groups is 7. The highest BCUT2D eigenvalue weighted by Gasteiger charge is 2.54. The summed E-state index contributed by atoms with van der Waals surface area (Å²) in [5, 5.41) is 53.0. The second-order valence-corrected chi connectivity index (χ2v) is 43.8. The van der Waals surface area contributed by atoms with Gasteiger partial charge in [-0.2, -0.15) is 27.9 Å². The third-order valence-electron chi connectivity index (χ3n) is 27.6. The smallest absolute Gasteiger partial charge is 0.418 e. The third kappa shape index (κ3) is 29.5. The number of aromatic nitrogens is 8. The molecule has 4 aromatic heterocycles. The molecule has 13 heterocycles. The summed E-state index contributed by atoms with van der Waals surface area (Å²) < 4.78 is 114. The standard InChI is InChI=1S/C26H35N5O5.C19H29N5O8S.C19H29N5O5.C16H36N.C13H20N6O6S/c1-26(2,3)36-25(33)29(19-11-7-8-12-19)16-22-27-28-23(35-22)21-14-13-20-15-30(21)24(32)31(20)34-17-18-9-5-4-6-10-18;1-19(2,3)31-18(26)22(12-6-4-5-7-12)11-15-20-21-16(30-15)14-9-8-13-10-23(14)17(25)24(13)32-33(27,28)29;1-19(2,3)29-18(26)22(12-6-4-5-7-12)11-15-20-21-16(28-15)14-9-8-13-10-23(14)17(25)24(13)27;1-5-9-13-17(14-10-6-2,15-11-7-3)16-12-8-4;20-13-18-7-9(19(13)25-26(21,22)23)1-2-10(18)12-17-16-11(24-12)6-15-8-3-4-14-5-8/h4-6,9-10,19-21H,7-8,11-17H2,1-3H3;12-14H,4-11H2,1-3H3,(H,27,28,29);12-14,27H,4-11H2,1-3H3;5-16H2,1-4H3;8-10,14-15H,1-7H2,(H,21,22,23)/q;;;+1;/p-1/t20-,21+;2*13-,14+;;8-,9+,10-/m111.0/s1. The number of piperidine rings is 4. The Bertz CT molecular complexity index is 5110. The van der Waals surface area contributed by atoms with Crippen LogP contribution in [-0.2, 0) is 81.2 Å². The molecule has 1 aromatic carbocycles. The summed E-state index contributed by atoms with van der Waals surface area (Å²) in [5.41, 5.74) is -0.804. The van der Waals surface area contributed by atoms with Crippen LogP contribution in [0.5, 0.6) is 0 Å². The summed E-state index contributed by atoms with van der Waals surface area (Å²) in [5.74, 6) is 2.57. The highest BCUT2D eigenvalue weighted by atomic mass is 32.3. The number of benzene rings is 1. The number of rotatable bonds is 35. The first-order chi connectivity index (χ1) is 67.1. The predicted octanol–water partition coefficient (Wildman–Crippen LogP) is 14.2. The summed E-state index contributed by atoms with van der Waals surface area (Å²) in [6, 6.07) is 5.53. The van der Waals surface area contributed by atoms with E-state index >= 15 is 0 Å². The highest BCUT2D eigenvalue weighted by Crippen LogP contribution is 2.44. The summed E-state index contributed by atoms with van der Waals surface area (Å²) >= 11 is 0. The Balaban J connectivity index is 0.000000151. The van der Waals surface area contributed by atoms with Gasteiger partial charge in [-0.3, -0.25) is 29.3 Å². The van der Waals surface area contributed by atoms with Crippen LogP contribution in [0.2, 0.25) is 0 Å². The molecule has 9 saturated heterocycles. The normalized spacial score (nSPS) is 23.2. The van der Waals surface area contributed by atoms with Gasteiger partial charge in [-0.25, -0.2) is 47.0 Å². The number of nitrogens with zero attached hydrogens (tertiary/aromatic N) is 20. The van der Waals surface area contributed by atoms with Crippen LogP contribution >= 0.6 is 0 Å². The molecule has 11 amide bonds. The van der Waals surface area contributed by atoms with Crippen molar-refractivity contribution in [3.8, 4) is 0 Å². The van der Waals surface area contributed by atoms with Crippen LogP contribution < -0.4 is 10.6 Å². The molecule has 0 spiro atoms. The lowest BCUT2D eigenvalue weighted by Gasteiger charge is -2.39. The molecule has 48 heteroatoms. The van der Waals surface area contributed by atoms with Crippen LogP contribution in [0.3, 0.4) is 0 Å². The van der Waals surface area contributed by atoms with Gasteiger partial charge in [0.15, 0.2) is 0 Å². The molecule has 9 atom stereocenters. The van der Waals surface area contributed by atoms with Crippen LogP contribution in [0.4, 0.5) is 33.6 Å². The topological polar surface area (TPSA) is 522 Å². The zero-order valence-corrected chi connectivity index (χ0v) is 85.7. The Labute approximate surface area is 826 Å². The fourth-order valence-electron chi connectivity index (χ4n) is 20.5. The number of hydrogen-bond donors (Lipinski definition) is 4. The molecule has 0 unspecified atom stereocenters. The van der Waals surface area contributed by atoms with Crippen molar-refractivity contribution in [3.63, 3.8) is 0 Å². The molecule has 46 nitrogen and oxygen atoms in total. The summed E-state index contributed by atoms with van der Waals surface area (Å²) in [6.07, 6.45) is 27.4. The fraction of sp³-hybridized carbons (Fsp3) is 0.774. The van der Waals surface area contributed by atoms with E-state index < -0.39 is 86.0 Å². The molecular weight excluding hydrogens is 1870 g/mol. The van der Waals surface area contributed by atoms with Gasteiger partial charge in [0.2, 0.25) is 57.5 Å². The first kappa shape index (κ1) is 108. The van der Waals surface area contributed by atoms with E-state index in [0.29, 0.717) is 123 Å². The summed E-state index contributed by atoms with van der Waals surface area (Å²) in [6.45, 7) is 36.1. The van der Waals surface area contributed by atoms with Gasteiger partial charge in [-0.05, 0) is 196 Å². The Morgan fingerprint density at radius 3 is 1.14 bits per heavy atom. The summed E-state index contributed by atoms with van der Waals surface area (Å²) in [7, 11) is -9.83. The molecule has 0 radical (unpaired) electrons. The number of fused-ring (bicyclic) bond motifs is 8. The van der Waals surface area contributed by atoms with Gasteiger partial charge in [0.05, 0.1) is 56.9 Å². The van der Waals surface area contributed by atoms with Crippen LogP contribution in [-0.4, -0.2) is 304 Å². The van der Waals surface area contributed by atoms with Crippen LogP contribution in [0.1, 0.15) is 353 Å². The molecule has 8 bridgehead atoms. The number of ether oxygens (including phenoxy) is 3. The number of hydroxylamine groups is 8. The number of carbonyl (C=O) groups excluding carboxylic acids is 7. The van der Waals surface area contributed by atoms with Gasteiger partial charge in [0.1, 0.15) is 67.2 Å². The van der Waals surface area contributed by atoms with Crippen molar-refractivity contribution in [2.75, 3.05) is 65.4 Å². The predicted molar refractivity (Wildman–Crippen MR) is 502 cm³/mol. The first-order valence-corrected chi connectivity index (χ1v) is 53.4. The van der Waals surface area contributed by atoms with E-state index in [-0.39, 0.29) is 105 Å². The lowest BCUT2D eigenvalue weighted by Crippen LogP contribution is -2.50. The van der Waals surface area contributed by atoms with Gasteiger partial charge >= 0.3 is 52.8 Å². The molecule has 12 fully saturated rings. The Morgan fingerprint density at radius 2 is 0.794 bits per heavy atom. The minimum Gasteiger partial charge on any atom is -0.724 e. The van der Waals surface area contributed by atoms with E-state index in [9.17, 15) is 60.2 Å². The number of urea groups is 4. The van der Waals surface area contributed by atoms with Crippen LogP contribution in [0.15, 0.2) is 48.0 Å². The molecule has 4 N–H and O–H groups in total. The number of unbranched alkanes of at least 4 members (excludes halogenated alkanes) is 4. The highest BCUT2D eigenvalue weighted by molar-refractivity contribution is 7.81. The SMILES string of the molecule is CC(C)(C)OC(=O)N(Cc1nnc([C@@H]2CC[C@@H]3CN2C(=O)N3O)o1)C1CCCC1.CC(C)(C)OC(=O)N(Cc1nnc([C@@H]2CC[C@@H]3CN2C(=O)N3OCc2ccccc2)o1)C1CCCC1.CC(C)(C)OC(=O)N(Cc1nnc([C@@H]2CC[C@@H]3CN2C(=O)N3OS(=O)(=O)[O-])o1)C1CCCC1.CCCC[N+](CCCC)(CCCC)CCCC.O=C1N2C[C@@H](CC[C@H]2c2nnc(CN[C@H]3CCNC3)o2)N1OS(=O)(=O)O. The van der Waals surface area contributed by atoms with E-state index in [2.05, 4.69) is 87.7 Å². The van der Waals surface area contributed by atoms with Gasteiger partial charge in [0.25, 0.3) is 0 Å². The molecule has 17 rings (SSSR count). The maximum absolute atomic E-state index is 13.1. The molecule has 3 aliphatic carbocycles. The van der Waals surface area contributed by atoms with Crippen molar-refractivity contribution in [1.29, 1.82) is 0 Å². The van der Waals surface area contributed by atoms with Crippen molar-refractivity contribution < 1.29 is 114 Å². The van der Waals surface area contributed by atoms with Crippen molar-refractivity contribution >= 4 is 63.2 Å². The Kier molecular flexibility index (Phi) is 37.1. The van der Waals surface area contributed by atoms with Gasteiger partial charge < -0.3 is 71.1 Å². The molecule has 141 heavy (non-hydrogen) atoms. The van der Waals surface area contributed by atoms with Crippen molar-refractivity contribution in [2.45, 2.75) is 398 Å². The van der Waals surface area contributed by atoms with Gasteiger partial charge in [-0.1, -0.05) is 122 Å². The maximum Gasteiger partial charge on any atom is 0.418 e. The van der Waals surface area contributed by atoms with Crippen molar-refractivity contribution in [2.24, 2.45) is 0 Å². The van der Waals surface area contributed by atoms with E-state index in [1.54, 1.807) is 45.3 Å². The van der Waals surface area contributed by atoms with Crippen molar-refractivity contribution in [3.05, 3.63) is 83.0 Å². The third-order valence-corrected chi connectivity index (χ3v) is 28.3. The fourth-order valence-corrected chi connectivity index (χ4v) is 21.3. The average Bonchev–Trinajstić information content (AvgIpc) is 1.62. The minimum atomic E-state index is -5.07. The minimum absolute atomic E-state index is 0.00452. The Hall–Kier alpha value is -9.79. The lowest BCUT2D eigenvalue weighted by atomic mass is 10.0. The second-order valence-electron chi connectivity index (χ2n) is 41.8. The molecule has 786 valence electrons. The quantitative estimate of drug-likeness (QED) is 0.00962. The molecule has 5 aromatic rings. The second kappa shape index (κ2) is 48.3. The monoisotopic (exact) mass is 2020 g/mol. The maximum atomic E-state index is 13.1. The average molecular weight is 2020 g/mol. The lowest BCUT2D eigenvalue weighted by molar-refractivity contribution is -0.929. The zero-order valence-electron chi connectivity index (χ0n) is 84.1. The van der Waals surface area contributed by atoms with E-state index in [4.69, 9.17) is 41.3 Å². The number of quaternary nitrogens is 1. The first-order valence-electron chi connectivity index (χ1n) is 50.7. The van der Waals surface area contributed by atoms with E-state index in [0.717, 1.165) is 114 Å². The number of amides is 11. The number of hydrogen-bond acceptors (Lipinski definition) is 33. The summed E-state index contributed by atoms with van der Waals surface area (Å²) in [4.78, 5) is 106. The van der Waals surface area contributed by atoms with Crippen LogP contribution in [0.25, 0.3) is 0 Å².